The first kappa shape index (κ1) is 28.7. The number of esters is 1. The highest BCUT2D eigenvalue weighted by molar-refractivity contribution is 8.00. The number of anilines is 2. The van der Waals surface area contributed by atoms with Gasteiger partial charge in [0.2, 0.25) is 5.91 Å². The molecule has 0 saturated heterocycles. The second-order valence-corrected chi connectivity index (χ2v) is 11.9. The first-order chi connectivity index (χ1) is 18.8. The second-order valence-electron chi connectivity index (χ2n) is 9.49. The molecule has 2 amide bonds. The molecule has 9 heteroatoms. The fraction of sp³-hybridized carbons (Fsp3) is 0.367. The van der Waals surface area contributed by atoms with Crippen LogP contribution in [0.2, 0.25) is 0 Å². The number of thioether (sulfide) groups is 1. The van der Waals surface area contributed by atoms with Gasteiger partial charge in [-0.3, -0.25) is 9.59 Å². The van der Waals surface area contributed by atoms with E-state index in [1.165, 1.54) is 23.1 Å². The lowest BCUT2D eigenvalue weighted by atomic mass is 9.88. The van der Waals surface area contributed by atoms with Crippen LogP contribution in [0.1, 0.15) is 64.8 Å². The Balaban J connectivity index is 1.47. The molecule has 7 nitrogen and oxygen atoms in total. The maximum Gasteiger partial charge on any atom is 0.341 e. The van der Waals surface area contributed by atoms with Gasteiger partial charge in [0.1, 0.15) is 10.8 Å². The standard InChI is InChI=1S/C30H34N2O5S2/c1-5-24(28(34)32-29-26(30(35)37-6-2)23-15-10-18(3)16-25(23)39-29)38-22-9-7-8-20(17-22)31-27(33)19-11-13-21(36-4)14-12-19/h7-9,11-14,17-18,24H,5-6,10,15-16H2,1-4H3,(H,31,33)(H,32,34). The molecule has 206 valence electrons. The minimum Gasteiger partial charge on any atom is -0.497 e. The molecule has 2 N–H and O–H groups in total. The first-order valence-electron chi connectivity index (χ1n) is 13.2. The quantitative estimate of drug-likeness (QED) is 0.207. The van der Waals surface area contributed by atoms with Crippen LogP contribution in [0, 0.1) is 5.92 Å². The maximum atomic E-state index is 13.4. The Hall–Kier alpha value is -3.30. The first-order valence-corrected chi connectivity index (χ1v) is 14.9. The molecule has 2 aromatic carbocycles. The summed E-state index contributed by atoms with van der Waals surface area (Å²) in [6.45, 7) is 6.24. The molecular formula is C30H34N2O5S2. The van der Waals surface area contributed by atoms with Gasteiger partial charge < -0.3 is 20.1 Å². The fourth-order valence-electron chi connectivity index (χ4n) is 4.53. The monoisotopic (exact) mass is 566 g/mol. The number of carbonyl (C=O) groups is 3. The summed E-state index contributed by atoms with van der Waals surface area (Å²) in [6, 6.07) is 14.3. The molecule has 0 bridgehead atoms. The van der Waals surface area contributed by atoms with E-state index >= 15 is 0 Å². The van der Waals surface area contributed by atoms with Crippen LogP contribution >= 0.6 is 23.1 Å². The zero-order chi connectivity index (χ0) is 27.9. The number of carbonyl (C=O) groups excluding carboxylic acids is 3. The molecule has 0 fully saturated rings. The van der Waals surface area contributed by atoms with E-state index in [1.807, 2.05) is 31.2 Å². The molecule has 0 radical (unpaired) electrons. The van der Waals surface area contributed by atoms with Crippen molar-refractivity contribution in [1.29, 1.82) is 0 Å². The van der Waals surface area contributed by atoms with Gasteiger partial charge in [-0.25, -0.2) is 4.79 Å². The lowest BCUT2D eigenvalue weighted by Gasteiger charge is -2.18. The van der Waals surface area contributed by atoms with Gasteiger partial charge >= 0.3 is 5.97 Å². The smallest absolute Gasteiger partial charge is 0.341 e. The van der Waals surface area contributed by atoms with Gasteiger partial charge in [-0.2, -0.15) is 0 Å². The van der Waals surface area contributed by atoms with Gasteiger partial charge in [0.05, 0.1) is 24.5 Å². The molecule has 0 spiro atoms. The van der Waals surface area contributed by atoms with E-state index in [0.717, 1.165) is 34.6 Å². The Labute approximate surface area is 237 Å². The van der Waals surface area contributed by atoms with E-state index in [-0.39, 0.29) is 29.6 Å². The summed E-state index contributed by atoms with van der Waals surface area (Å²) >= 11 is 2.92. The van der Waals surface area contributed by atoms with Crippen LogP contribution < -0.4 is 15.4 Å². The average Bonchev–Trinajstić information content (AvgIpc) is 3.28. The summed E-state index contributed by atoms with van der Waals surface area (Å²) in [7, 11) is 1.58. The van der Waals surface area contributed by atoms with E-state index < -0.39 is 0 Å². The Morgan fingerprint density at radius 2 is 1.87 bits per heavy atom. The highest BCUT2D eigenvalue weighted by Crippen LogP contribution is 2.40. The van der Waals surface area contributed by atoms with Crippen LogP contribution in [0.15, 0.2) is 53.4 Å². The second kappa shape index (κ2) is 13.2. The number of fused-ring (bicyclic) bond motifs is 1. The van der Waals surface area contributed by atoms with Crippen LogP contribution in [0.5, 0.6) is 5.75 Å². The Morgan fingerprint density at radius 3 is 2.56 bits per heavy atom. The van der Waals surface area contributed by atoms with E-state index in [2.05, 4.69) is 17.6 Å². The summed E-state index contributed by atoms with van der Waals surface area (Å²) < 4.78 is 10.5. The predicted octanol–water partition coefficient (Wildman–Crippen LogP) is 6.82. The summed E-state index contributed by atoms with van der Waals surface area (Å²) in [5.41, 5.74) is 2.69. The largest absolute Gasteiger partial charge is 0.497 e. The zero-order valence-corrected chi connectivity index (χ0v) is 24.3. The van der Waals surface area contributed by atoms with Gasteiger partial charge in [-0.15, -0.1) is 23.1 Å². The van der Waals surface area contributed by atoms with Crippen molar-refractivity contribution in [2.45, 2.75) is 56.6 Å². The molecule has 4 rings (SSSR count). The molecule has 2 atom stereocenters. The van der Waals surface area contributed by atoms with Crippen molar-refractivity contribution in [3.63, 3.8) is 0 Å². The summed E-state index contributed by atoms with van der Waals surface area (Å²) in [4.78, 5) is 40.9. The molecular weight excluding hydrogens is 532 g/mol. The van der Waals surface area contributed by atoms with Crippen LogP contribution in [-0.2, 0) is 22.4 Å². The van der Waals surface area contributed by atoms with Crippen LogP contribution in [0.4, 0.5) is 10.7 Å². The number of benzene rings is 2. The molecule has 1 aliphatic rings. The maximum absolute atomic E-state index is 13.4. The highest BCUT2D eigenvalue weighted by Gasteiger charge is 2.30. The minimum absolute atomic E-state index is 0.160. The lowest BCUT2D eigenvalue weighted by molar-refractivity contribution is -0.115. The topological polar surface area (TPSA) is 93.7 Å². The molecule has 1 aliphatic carbocycles. The number of ether oxygens (including phenoxy) is 2. The molecule has 2 unspecified atom stereocenters. The van der Waals surface area contributed by atoms with E-state index in [1.54, 1.807) is 38.3 Å². The van der Waals surface area contributed by atoms with Crippen molar-refractivity contribution >= 4 is 51.6 Å². The van der Waals surface area contributed by atoms with Gasteiger partial charge in [-0.05, 0) is 86.6 Å². The molecule has 1 aromatic heterocycles. The summed E-state index contributed by atoms with van der Waals surface area (Å²) in [6.07, 6.45) is 3.33. The Kier molecular flexibility index (Phi) is 9.69. The van der Waals surface area contributed by atoms with E-state index in [9.17, 15) is 14.4 Å². The predicted molar refractivity (Wildman–Crippen MR) is 157 cm³/mol. The third-order valence-corrected chi connectivity index (χ3v) is 9.14. The van der Waals surface area contributed by atoms with E-state index in [4.69, 9.17) is 9.47 Å². The Morgan fingerprint density at radius 1 is 1.10 bits per heavy atom. The van der Waals surface area contributed by atoms with Gasteiger partial charge in [-0.1, -0.05) is 19.9 Å². The number of amides is 2. The van der Waals surface area contributed by atoms with Crippen molar-refractivity contribution in [1.82, 2.24) is 0 Å². The van der Waals surface area contributed by atoms with Crippen molar-refractivity contribution in [3.8, 4) is 5.75 Å². The molecule has 3 aromatic rings. The number of rotatable bonds is 10. The molecule has 0 aliphatic heterocycles. The van der Waals surface area contributed by atoms with Gasteiger partial charge in [0.25, 0.3) is 5.91 Å². The molecule has 1 heterocycles. The Bertz CT molecular complexity index is 1340. The lowest BCUT2D eigenvalue weighted by Crippen LogP contribution is -2.25. The highest BCUT2D eigenvalue weighted by atomic mass is 32.2. The molecule has 39 heavy (non-hydrogen) atoms. The van der Waals surface area contributed by atoms with Crippen LogP contribution in [0.25, 0.3) is 0 Å². The fourth-order valence-corrected chi connectivity index (χ4v) is 6.94. The number of hydrogen-bond acceptors (Lipinski definition) is 7. The summed E-state index contributed by atoms with van der Waals surface area (Å²) in [5.74, 6) is 0.465. The zero-order valence-electron chi connectivity index (χ0n) is 22.7. The number of hydrogen-bond donors (Lipinski definition) is 2. The van der Waals surface area contributed by atoms with Gasteiger partial charge in [0, 0.05) is 21.0 Å². The van der Waals surface area contributed by atoms with E-state index in [0.29, 0.717) is 39.9 Å². The minimum atomic E-state index is -0.384. The molecule has 0 saturated carbocycles. The van der Waals surface area contributed by atoms with Crippen molar-refractivity contribution in [2.24, 2.45) is 5.92 Å². The average molecular weight is 567 g/mol. The van der Waals surface area contributed by atoms with Crippen molar-refractivity contribution in [2.75, 3.05) is 24.4 Å². The number of methoxy groups -OCH3 is 1. The third kappa shape index (κ3) is 7.02. The van der Waals surface area contributed by atoms with Gasteiger partial charge in [0.15, 0.2) is 0 Å². The third-order valence-electron chi connectivity index (χ3n) is 6.61. The van der Waals surface area contributed by atoms with Crippen molar-refractivity contribution < 1.29 is 23.9 Å². The van der Waals surface area contributed by atoms with Crippen molar-refractivity contribution in [3.05, 3.63) is 70.1 Å². The van der Waals surface area contributed by atoms with Crippen LogP contribution in [-0.4, -0.2) is 36.8 Å². The SMILES string of the molecule is CCOC(=O)c1c(NC(=O)C(CC)Sc2cccc(NC(=O)c3ccc(OC)cc3)c2)sc2c1CCC(C)C2. The summed E-state index contributed by atoms with van der Waals surface area (Å²) in [5, 5.41) is 6.16. The number of thiophene rings is 1. The number of nitrogens with one attached hydrogen (secondary N) is 2. The normalized spacial score (nSPS) is 15.1. The van der Waals surface area contributed by atoms with Crippen LogP contribution in [0.3, 0.4) is 0 Å².